The van der Waals surface area contributed by atoms with Crippen LogP contribution in [0.2, 0.25) is 0 Å². The molecule has 2 aromatic carbocycles. The van der Waals surface area contributed by atoms with Gasteiger partial charge in [-0.2, -0.15) is 0 Å². The van der Waals surface area contributed by atoms with Crippen LogP contribution in [0.5, 0.6) is 5.75 Å². The number of hydrogen-bond donors (Lipinski definition) is 0. The molecular formula is C20H21NO2S. The number of ether oxygens (including phenoxy) is 1. The van der Waals surface area contributed by atoms with Crippen molar-refractivity contribution in [3.8, 4) is 5.75 Å². The molecule has 1 heterocycles. The summed E-state index contributed by atoms with van der Waals surface area (Å²) >= 11 is 1.80. The van der Waals surface area contributed by atoms with Crippen LogP contribution in [0.4, 0.5) is 0 Å². The topological polar surface area (TPSA) is 29.5 Å². The van der Waals surface area contributed by atoms with Crippen LogP contribution in [0.1, 0.15) is 22.1 Å². The van der Waals surface area contributed by atoms with Crippen LogP contribution >= 0.6 is 11.8 Å². The smallest absolute Gasteiger partial charge is 0.247 e. The maximum Gasteiger partial charge on any atom is 0.247 e. The summed E-state index contributed by atoms with van der Waals surface area (Å²) < 4.78 is 5.21. The molecule has 2 aromatic rings. The molecule has 1 aliphatic heterocycles. The molecule has 0 spiro atoms. The molecule has 1 aliphatic rings. The molecule has 0 N–H and O–H groups in total. The van der Waals surface area contributed by atoms with Crippen molar-refractivity contribution < 1.29 is 9.53 Å². The molecule has 1 unspecified atom stereocenters. The van der Waals surface area contributed by atoms with Gasteiger partial charge in [0, 0.05) is 18.4 Å². The second kappa shape index (κ2) is 7.58. The van der Waals surface area contributed by atoms with Crippen molar-refractivity contribution in [1.29, 1.82) is 0 Å². The van der Waals surface area contributed by atoms with Gasteiger partial charge in [0.25, 0.3) is 0 Å². The first-order valence-electron chi connectivity index (χ1n) is 7.99. The lowest BCUT2D eigenvalue weighted by Gasteiger charge is -2.23. The fourth-order valence-electron chi connectivity index (χ4n) is 2.77. The molecule has 0 aromatic heterocycles. The molecule has 1 atom stereocenters. The lowest BCUT2D eigenvalue weighted by atomic mass is 10.1. The fourth-order valence-corrected chi connectivity index (χ4v) is 4.04. The molecule has 3 nitrogen and oxygen atoms in total. The Hall–Kier alpha value is -2.20. The van der Waals surface area contributed by atoms with Gasteiger partial charge in [-0.3, -0.25) is 4.79 Å². The lowest BCUT2D eigenvalue weighted by molar-refractivity contribution is -0.126. The molecule has 0 bridgehead atoms. The summed E-state index contributed by atoms with van der Waals surface area (Å²) in [6.45, 7) is 2.83. The highest BCUT2D eigenvalue weighted by atomic mass is 32.2. The van der Waals surface area contributed by atoms with E-state index < -0.39 is 0 Å². The average molecular weight is 339 g/mol. The molecule has 0 saturated carbocycles. The van der Waals surface area contributed by atoms with Gasteiger partial charge in [0.05, 0.1) is 7.11 Å². The quantitative estimate of drug-likeness (QED) is 0.778. The average Bonchev–Trinajstić information content (AvgIpc) is 3.10. The van der Waals surface area contributed by atoms with Crippen LogP contribution in [0.15, 0.2) is 54.6 Å². The third-order valence-electron chi connectivity index (χ3n) is 4.17. The zero-order valence-corrected chi connectivity index (χ0v) is 14.8. The summed E-state index contributed by atoms with van der Waals surface area (Å²) in [4.78, 5) is 14.6. The molecule has 4 heteroatoms. The third-order valence-corrected chi connectivity index (χ3v) is 5.43. The summed E-state index contributed by atoms with van der Waals surface area (Å²) in [5.41, 5.74) is 3.39. The molecule has 1 fully saturated rings. The van der Waals surface area contributed by atoms with Gasteiger partial charge in [-0.15, -0.1) is 11.8 Å². The fraction of sp³-hybridized carbons (Fsp3) is 0.250. The van der Waals surface area contributed by atoms with Gasteiger partial charge in [0.15, 0.2) is 0 Å². The van der Waals surface area contributed by atoms with E-state index in [1.807, 2.05) is 53.4 Å². The summed E-state index contributed by atoms with van der Waals surface area (Å²) in [6.07, 6.45) is 3.59. The standard InChI is InChI=1S/C20H21NO2S/c1-15-5-3-4-6-16(15)9-12-19(22)21-13-14-24-20(21)17-7-10-18(23-2)11-8-17/h3-12,20H,13-14H2,1-2H3/b12-9+. The highest BCUT2D eigenvalue weighted by Gasteiger charge is 2.29. The lowest BCUT2D eigenvalue weighted by Crippen LogP contribution is -2.28. The zero-order chi connectivity index (χ0) is 16.9. The van der Waals surface area contributed by atoms with E-state index in [0.717, 1.165) is 29.2 Å². The molecule has 1 saturated heterocycles. The second-order valence-corrected chi connectivity index (χ2v) is 6.91. The Labute approximate surface area is 147 Å². The van der Waals surface area contributed by atoms with Gasteiger partial charge in [0.1, 0.15) is 11.1 Å². The van der Waals surface area contributed by atoms with E-state index in [4.69, 9.17) is 4.74 Å². The van der Waals surface area contributed by atoms with Crippen molar-refractivity contribution in [2.45, 2.75) is 12.3 Å². The Bertz CT molecular complexity index is 740. The van der Waals surface area contributed by atoms with Gasteiger partial charge < -0.3 is 9.64 Å². The van der Waals surface area contributed by atoms with Crippen LogP contribution in [0.3, 0.4) is 0 Å². The zero-order valence-electron chi connectivity index (χ0n) is 13.9. The number of benzene rings is 2. The van der Waals surface area contributed by atoms with Gasteiger partial charge in [-0.1, -0.05) is 36.4 Å². The molecular weight excluding hydrogens is 318 g/mol. The summed E-state index contributed by atoms with van der Waals surface area (Å²) in [5, 5.41) is 0.0740. The number of thioether (sulfide) groups is 1. The number of rotatable bonds is 4. The Balaban J connectivity index is 1.74. The van der Waals surface area contributed by atoms with Crippen LogP contribution in [0, 0.1) is 6.92 Å². The number of nitrogens with zero attached hydrogens (tertiary/aromatic N) is 1. The first-order valence-corrected chi connectivity index (χ1v) is 9.04. The van der Waals surface area contributed by atoms with Gasteiger partial charge >= 0.3 is 0 Å². The summed E-state index contributed by atoms with van der Waals surface area (Å²) in [6, 6.07) is 16.0. The van der Waals surface area contributed by atoms with E-state index in [-0.39, 0.29) is 11.3 Å². The summed E-state index contributed by atoms with van der Waals surface area (Å²) in [7, 11) is 1.66. The molecule has 0 aliphatic carbocycles. The van der Waals surface area contributed by atoms with Crippen LogP contribution in [0.25, 0.3) is 6.08 Å². The molecule has 1 amide bonds. The molecule has 0 radical (unpaired) electrons. The monoisotopic (exact) mass is 339 g/mol. The highest BCUT2D eigenvalue weighted by Crippen LogP contribution is 2.38. The minimum Gasteiger partial charge on any atom is -0.497 e. The van der Waals surface area contributed by atoms with Crippen LogP contribution in [-0.4, -0.2) is 30.2 Å². The highest BCUT2D eigenvalue weighted by molar-refractivity contribution is 7.99. The molecule has 3 rings (SSSR count). The SMILES string of the molecule is COc1ccc(C2SCCN2C(=O)/C=C/c2ccccc2C)cc1. The van der Waals surface area contributed by atoms with Crippen molar-refractivity contribution in [2.75, 3.05) is 19.4 Å². The minimum absolute atomic E-state index is 0.0593. The molecule has 24 heavy (non-hydrogen) atoms. The number of hydrogen-bond acceptors (Lipinski definition) is 3. The first-order chi connectivity index (χ1) is 11.7. The van der Waals surface area contributed by atoms with Gasteiger partial charge in [-0.25, -0.2) is 0 Å². The van der Waals surface area contributed by atoms with Crippen molar-refractivity contribution in [2.24, 2.45) is 0 Å². The van der Waals surface area contributed by atoms with E-state index in [1.54, 1.807) is 24.9 Å². The molecule has 124 valence electrons. The number of aryl methyl sites for hydroxylation is 1. The van der Waals surface area contributed by atoms with Gasteiger partial charge in [-0.05, 0) is 41.8 Å². The third kappa shape index (κ3) is 3.65. The predicted octanol–water partition coefficient (Wildman–Crippen LogP) is 4.29. The van der Waals surface area contributed by atoms with E-state index in [9.17, 15) is 4.79 Å². The number of methoxy groups -OCH3 is 1. The Morgan fingerprint density at radius 1 is 1.21 bits per heavy atom. The number of amides is 1. The Morgan fingerprint density at radius 2 is 1.96 bits per heavy atom. The number of carbonyl (C=O) groups is 1. The van der Waals surface area contributed by atoms with Crippen molar-refractivity contribution in [3.63, 3.8) is 0 Å². The van der Waals surface area contributed by atoms with Crippen LogP contribution in [-0.2, 0) is 4.79 Å². The normalized spacial score (nSPS) is 17.4. The minimum atomic E-state index is 0.0593. The maximum atomic E-state index is 12.6. The van der Waals surface area contributed by atoms with Crippen molar-refractivity contribution >= 4 is 23.7 Å². The Kier molecular flexibility index (Phi) is 5.26. The Morgan fingerprint density at radius 3 is 2.67 bits per heavy atom. The summed E-state index contributed by atoms with van der Waals surface area (Å²) in [5.74, 6) is 1.85. The van der Waals surface area contributed by atoms with E-state index in [0.29, 0.717) is 0 Å². The van der Waals surface area contributed by atoms with E-state index >= 15 is 0 Å². The van der Waals surface area contributed by atoms with Crippen molar-refractivity contribution in [3.05, 3.63) is 71.3 Å². The van der Waals surface area contributed by atoms with E-state index in [1.165, 1.54) is 5.56 Å². The van der Waals surface area contributed by atoms with Crippen molar-refractivity contribution in [1.82, 2.24) is 4.90 Å². The largest absolute Gasteiger partial charge is 0.497 e. The maximum absolute atomic E-state index is 12.6. The predicted molar refractivity (Wildman–Crippen MR) is 100 cm³/mol. The van der Waals surface area contributed by atoms with Gasteiger partial charge in [0.2, 0.25) is 5.91 Å². The number of carbonyl (C=O) groups excluding carboxylic acids is 1. The second-order valence-electron chi connectivity index (χ2n) is 5.72. The van der Waals surface area contributed by atoms with Crippen LogP contribution < -0.4 is 4.74 Å². The van der Waals surface area contributed by atoms with E-state index in [2.05, 4.69) is 13.0 Å². The first kappa shape index (κ1) is 16.7.